The van der Waals surface area contributed by atoms with E-state index in [1.807, 2.05) is 0 Å². The lowest BCUT2D eigenvalue weighted by Crippen LogP contribution is -2.29. The molecule has 30 heavy (non-hydrogen) atoms. The van der Waals surface area contributed by atoms with E-state index in [1.54, 1.807) is 0 Å². The van der Waals surface area contributed by atoms with Gasteiger partial charge in [-0.05, 0) is 31.2 Å². The molecule has 0 saturated heterocycles. The Bertz CT molecular complexity index is 1200. The van der Waals surface area contributed by atoms with Gasteiger partial charge in [-0.15, -0.1) is 0 Å². The molecular weight excluding hydrogens is 425 g/mol. The molecule has 0 spiro atoms. The number of aromatic amines is 1. The van der Waals surface area contributed by atoms with Gasteiger partial charge in [-0.25, -0.2) is 13.4 Å². The maximum Gasteiger partial charge on any atom is 0.422 e. The van der Waals surface area contributed by atoms with Gasteiger partial charge in [0, 0.05) is 17.3 Å². The van der Waals surface area contributed by atoms with Gasteiger partial charge in [-0.1, -0.05) is 6.92 Å². The lowest BCUT2D eigenvalue weighted by atomic mass is 10.1. The van der Waals surface area contributed by atoms with Crippen LogP contribution in [0.25, 0.3) is 16.9 Å². The van der Waals surface area contributed by atoms with Crippen molar-refractivity contribution >= 4 is 9.84 Å². The normalized spacial score (nSPS) is 12.2. The molecule has 8 nitrogen and oxygen atoms in total. The van der Waals surface area contributed by atoms with Crippen molar-refractivity contribution in [3.63, 3.8) is 0 Å². The fraction of sp³-hybridized carbons (Fsp3) is 0.278. The molecule has 0 unspecified atom stereocenters. The van der Waals surface area contributed by atoms with Crippen molar-refractivity contribution < 1.29 is 26.3 Å². The number of rotatable bonds is 6. The van der Waals surface area contributed by atoms with Crippen LogP contribution in [0.2, 0.25) is 0 Å². The first-order chi connectivity index (χ1) is 14.0. The second kappa shape index (κ2) is 7.94. The number of aromatic nitrogens is 4. The van der Waals surface area contributed by atoms with Crippen LogP contribution in [0, 0.1) is 6.92 Å². The number of hydrogen-bond acceptors (Lipinski definition) is 6. The van der Waals surface area contributed by atoms with Crippen molar-refractivity contribution in [1.29, 1.82) is 0 Å². The average Bonchev–Trinajstić information content (AvgIpc) is 3.22. The van der Waals surface area contributed by atoms with E-state index in [9.17, 15) is 26.4 Å². The SMILES string of the molecule is CCS(=O)(=O)c1nc(-c2cn[nH]c2)c(C)c(=O)n1-c1ccc(OCC(F)(F)F)cc1. The molecule has 0 amide bonds. The molecule has 0 atom stereocenters. The highest BCUT2D eigenvalue weighted by molar-refractivity contribution is 7.91. The van der Waals surface area contributed by atoms with E-state index in [1.165, 1.54) is 50.5 Å². The minimum atomic E-state index is -4.50. The molecule has 3 rings (SSSR count). The number of H-pyrrole nitrogens is 1. The van der Waals surface area contributed by atoms with Crippen LogP contribution in [-0.4, -0.2) is 46.7 Å². The summed E-state index contributed by atoms with van der Waals surface area (Å²) in [5.74, 6) is -0.385. The smallest absolute Gasteiger partial charge is 0.422 e. The Balaban J connectivity index is 2.15. The maximum atomic E-state index is 13.1. The molecule has 160 valence electrons. The summed E-state index contributed by atoms with van der Waals surface area (Å²) in [6.45, 7) is 1.44. The van der Waals surface area contributed by atoms with Crippen LogP contribution in [0.3, 0.4) is 0 Å². The van der Waals surface area contributed by atoms with Gasteiger partial charge in [0.1, 0.15) is 5.75 Å². The summed E-state index contributed by atoms with van der Waals surface area (Å²) in [7, 11) is -3.93. The number of halogens is 3. The summed E-state index contributed by atoms with van der Waals surface area (Å²) in [6, 6.07) is 5.02. The first-order valence-corrected chi connectivity index (χ1v) is 10.3. The van der Waals surface area contributed by atoms with E-state index in [0.717, 1.165) is 4.57 Å². The quantitative estimate of drug-likeness (QED) is 0.589. The van der Waals surface area contributed by atoms with Crippen molar-refractivity contribution in [1.82, 2.24) is 19.7 Å². The Hall–Kier alpha value is -3.15. The molecule has 2 aromatic heterocycles. The third kappa shape index (κ3) is 4.37. The number of sulfone groups is 1. The molecular formula is C18H17F3N4O4S. The Morgan fingerprint density at radius 1 is 1.20 bits per heavy atom. The van der Waals surface area contributed by atoms with Gasteiger partial charge in [-0.3, -0.25) is 14.5 Å². The predicted octanol–water partition coefficient (Wildman–Crippen LogP) is 2.67. The zero-order valence-corrected chi connectivity index (χ0v) is 16.7. The zero-order chi connectivity index (χ0) is 22.1. The highest BCUT2D eigenvalue weighted by Gasteiger charge is 2.28. The lowest BCUT2D eigenvalue weighted by molar-refractivity contribution is -0.153. The van der Waals surface area contributed by atoms with Gasteiger partial charge >= 0.3 is 6.18 Å². The molecule has 0 saturated carbocycles. The van der Waals surface area contributed by atoms with Crippen molar-refractivity contribution in [3.8, 4) is 22.7 Å². The average molecular weight is 442 g/mol. The summed E-state index contributed by atoms with van der Waals surface area (Å²) in [5, 5.41) is 5.90. The fourth-order valence-electron chi connectivity index (χ4n) is 2.67. The van der Waals surface area contributed by atoms with Gasteiger partial charge < -0.3 is 4.74 Å². The number of benzene rings is 1. The molecule has 1 N–H and O–H groups in total. The summed E-state index contributed by atoms with van der Waals surface area (Å²) in [5.41, 5.74) is 0.295. The lowest BCUT2D eigenvalue weighted by Gasteiger charge is -2.15. The summed E-state index contributed by atoms with van der Waals surface area (Å²) in [6.07, 6.45) is -1.61. The highest BCUT2D eigenvalue weighted by Crippen LogP contribution is 2.24. The van der Waals surface area contributed by atoms with Crippen LogP contribution in [0.4, 0.5) is 13.2 Å². The predicted molar refractivity (Wildman–Crippen MR) is 101 cm³/mol. The van der Waals surface area contributed by atoms with Crippen molar-refractivity contribution in [2.45, 2.75) is 25.2 Å². The third-order valence-corrected chi connectivity index (χ3v) is 5.80. The Morgan fingerprint density at radius 2 is 1.87 bits per heavy atom. The number of nitrogens with zero attached hydrogens (tertiary/aromatic N) is 3. The Morgan fingerprint density at radius 3 is 2.40 bits per heavy atom. The number of hydrogen-bond donors (Lipinski definition) is 1. The molecule has 0 bridgehead atoms. The Labute approximate surface area is 169 Å². The first kappa shape index (κ1) is 21.6. The van der Waals surface area contributed by atoms with E-state index < -0.39 is 33.3 Å². The highest BCUT2D eigenvalue weighted by atomic mass is 32.2. The molecule has 12 heteroatoms. The van der Waals surface area contributed by atoms with E-state index >= 15 is 0 Å². The molecule has 0 aliphatic carbocycles. The van der Waals surface area contributed by atoms with Gasteiger partial charge in [0.2, 0.25) is 15.0 Å². The largest absolute Gasteiger partial charge is 0.484 e. The van der Waals surface area contributed by atoms with Gasteiger partial charge in [0.05, 0.1) is 23.3 Å². The molecule has 2 heterocycles. The van der Waals surface area contributed by atoms with Gasteiger partial charge in [0.15, 0.2) is 6.61 Å². The molecule has 0 radical (unpaired) electrons. The van der Waals surface area contributed by atoms with E-state index in [0.29, 0.717) is 5.56 Å². The fourth-order valence-corrected chi connectivity index (χ4v) is 3.62. The minimum absolute atomic E-state index is 0.0799. The van der Waals surface area contributed by atoms with Crippen LogP contribution in [-0.2, 0) is 9.84 Å². The Kier molecular flexibility index (Phi) is 5.70. The van der Waals surface area contributed by atoms with Crippen LogP contribution < -0.4 is 10.3 Å². The monoisotopic (exact) mass is 442 g/mol. The molecule has 0 fully saturated rings. The zero-order valence-electron chi connectivity index (χ0n) is 15.9. The van der Waals surface area contributed by atoms with E-state index in [4.69, 9.17) is 0 Å². The second-order valence-electron chi connectivity index (χ2n) is 6.30. The summed E-state index contributed by atoms with van der Waals surface area (Å²) >= 11 is 0. The second-order valence-corrected chi connectivity index (χ2v) is 8.47. The molecule has 0 aliphatic heterocycles. The maximum absolute atomic E-state index is 13.1. The molecule has 0 aliphatic rings. The number of nitrogens with one attached hydrogen (secondary N) is 1. The standard InChI is InChI=1S/C18H17F3N4O4S/c1-3-30(27,28)17-24-15(12-8-22-23-9-12)11(2)16(26)25(17)13-4-6-14(7-5-13)29-10-18(19,20)21/h4-9H,3,10H2,1-2H3,(H,22,23). The van der Waals surface area contributed by atoms with E-state index in [-0.39, 0.29) is 28.4 Å². The molecule has 1 aromatic carbocycles. The third-order valence-electron chi connectivity index (χ3n) is 4.21. The first-order valence-electron chi connectivity index (χ1n) is 8.69. The number of ether oxygens (including phenoxy) is 1. The van der Waals surface area contributed by atoms with Gasteiger partial charge in [-0.2, -0.15) is 18.3 Å². The summed E-state index contributed by atoms with van der Waals surface area (Å²) in [4.78, 5) is 17.3. The van der Waals surface area contributed by atoms with E-state index in [2.05, 4.69) is 19.9 Å². The van der Waals surface area contributed by atoms with Crippen molar-refractivity contribution in [3.05, 3.63) is 52.6 Å². The van der Waals surface area contributed by atoms with Crippen LogP contribution in [0.5, 0.6) is 5.75 Å². The minimum Gasteiger partial charge on any atom is -0.484 e. The molecule has 3 aromatic rings. The summed E-state index contributed by atoms with van der Waals surface area (Å²) < 4.78 is 67.8. The van der Waals surface area contributed by atoms with Crippen LogP contribution in [0.1, 0.15) is 12.5 Å². The number of alkyl halides is 3. The van der Waals surface area contributed by atoms with Crippen LogP contribution >= 0.6 is 0 Å². The van der Waals surface area contributed by atoms with Gasteiger partial charge in [0.25, 0.3) is 5.56 Å². The van der Waals surface area contributed by atoms with Crippen molar-refractivity contribution in [2.24, 2.45) is 0 Å². The van der Waals surface area contributed by atoms with Crippen molar-refractivity contribution in [2.75, 3.05) is 12.4 Å². The topological polar surface area (TPSA) is 107 Å². The van der Waals surface area contributed by atoms with Crippen LogP contribution in [0.15, 0.2) is 46.6 Å².